The molecule has 0 radical (unpaired) electrons. The van der Waals surface area contributed by atoms with Crippen LogP contribution in [0.4, 0.5) is 0 Å². The Morgan fingerprint density at radius 2 is 2.12 bits per heavy atom. The van der Waals surface area contributed by atoms with Crippen LogP contribution in [-0.2, 0) is 16.0 Å². The van der Waals surface area contributed by atoms with E-state index in [1.54, 1.807) is 7.11 Å². The molecule has 1 aromatic carbocycles. The molecule has 0 atom stereocenters. The minimum atomic E-state index is 0.113. The molecule has 24 heavy (non-hydrogen) atoms. The zero-order valence-electron chi connectivity index (χ0n) is 14.4. The minimum Gasteiger partial charge on any atom is -0.383 e. The second kappa shape index (κ2) is 8.31. The molecule has 0 aliphatic carbocycles. The van der Waals surface area contributed by atoms with E-state index < -0.39 is 0 Å². The first kappa shape index (κ1) is 17.0. The number of rotatable bonds is 7. The maximum Gasteiger partial charge on any atom is 0.224 e. The number of carbonyl (C=O) groups excluding carboxylic acids is 1. The Hall–Kier alpha value is -1.85. The van der Waals surface area contributed by atoms with Crippen molar-refractivity contribution in [1.29, 1.82) is 0 Å². The number of hydrogen-bond acceptors (Lipinski definition) is 3. The Morgan fingerprint density at radius 1 is 1.33 bits per heavy atom. The second-order valence-corrected chi connectivity index (χ2v) is 6.62. The number of carbonyl (C=O) groups is 1. The molecule has 1 aromatic heterocycles. The lowest BCUT2D eigenvalue weighted by Gasteiger charge is -2.31. The van der Waals surface area contributed by atoms with Crippen LogP contribution in [0.3, 0.4) is 0 Å². The zero-order chi connectivity index (χ0) is 16.8. The monoisotopic (exact) mass is 329 g/mol. The highest BCUT2D eigenvalue weighted by Gasteiger charge is 2.19. The predicted octanol–water partition coefficient (Wildman–Crippen LogP) is 2.18. The van der Waals surface area contributed by atoms with Crippen molar-refractivity contribution >= 4 is 16.8 Å². The van der Waals surface area contributed by atoms with Crippen LogP contribution in [0.2, 0.25) is 0 Å². The Morgan fingerprint density at radius 3 is 2.92 bits per heavy atom. The van der Waals surface area contributed by atoms with Crippen LogP contribution < -0.4 is 5.32 Å². The fourth-order valence-electron chi connectivity index (χ4n) is 3.41. The van der Waals surface area contributed by atoms with Crippen molar-refractivity contribution in [1.82, 2.24) is 15.2 Å². The number of likely N-dealkylation sites (tertiary alicyclic amines) is 1. The van der Waals surface area contributed by atoms with Crippen LogP contribution in [0.1, 0.15) is 18.4 Å². The average molecular weight is 329 g/mol. The summed E-state index contributed by atoms with van der Waals surface area (Å²) in [5, 5.41) is 4.26. The summed E-state index contributed by atoms with van der Waals surface area (Å²) >= 11 is 0. The molecule has 2 N–H and O–H groups in total. The van der Waals surface area contributed by atoms with Gasteiger partial charge in [0.1, 0.15) is 0 Å². The summed E-state index contributed by atoms with van der Waals surface area (Å²) in [6.45, 7) is 4.81. The van der Waals surface area contributed by atoms with Gasteiger partial charge in [0.2, 0.25) is 5.91 Å². The number of piperidine rings is 1. The van der Waals surface area contributed by atoms with Gasteiger partial charge in [-0.15, -0.1) is 0 Å². The third-order valence-electron chi connectivity index (χ3n) is 4.93. The molecule has 0 bridgehead atoms. The fourth-order valence-corrected chi connectivity index (χ4v) is 3.41. The Labute approximate surface area is 143 Å². The molecule has 2 heterocycles. The number of nitrogens with one attached hydrogen (secondary N) is 2. The highest BCUT2D eigenvalue weighted by Crippen LogP contribution is 2.19. The van der Waals surface area contributed by atoms with E-state index in [-0.39, 0.29) is 5.91 Å². The fraction of sp³-hybridized carbons (Fsp3) is 0.526. The molecule has 130 valence electrons. The van der Waals surface area contributed by atoms with Crippen molar-refractivity contribution in [3.8, 4) is 0 Å². The first-order chi connectivity index (χ1) is 11.8. The van der Waals surface area contributed by atoms with Gasteiger partial charge in [0, 0.05) is 37.3 Å². The quantitative estimate of drug-likeness (QED) is 0.819. The van der Waals surface area contributed by atoms with Crippen molar-refractivity contribution < 1.29 is 9.53 Å². The van der Waals surface area contributed by atoms with Crippen molar-refractivity contribution in [3.05, 3.63) is 36.0 Å². The molecule has 1 amide bonds. The molecule has 0 spiro atoms. The van der Waals surface area contributed by atoms with Gasteiger partial charge in [0.25, 0.3) is 0 Å². The van der Waals surface area contributed by atoms with E-state index in [0.717, 1.165) is 62.1 Å². The van der Waals surface area contributed by atoms with Gasteiger partial charge in [-0.1, -0.05) is 18.2 Å². The van der Waals surface area contributed by atoms with Crippen LogP contribution in [0, 0.1) is 5.92 Å². The van der Waals surface area contributed by atoms with E-state index >= 15 is 0 Å². The van der Waals surface area contributed by atoms with Gasteiger partial charge < -0.3 is 19.9 Å². The van der Waals surface area contributed by atoms with Gasteiger partial charge in [-0.3, -0.25) is 4.79 Å². The van der Waals surface area contributed by atoms with Crippen molar-refractivity contribution in [2.45, 2.75) is 19.3 Å². The van der Waals surface area contributed by atoms with E-state index in [0.29, 0.717) is 12.3 Å². The van der Waals surface area contributed by atoms with Crippen molar-refractivity contribution in [3.63, 3.8) is 0 Å². The summed E-state index contributed by atoms with van der Waals surface area (Å²) in [5.74, 6) is 0.706. The van der Waals surface area contributed by atoms with Gasteiger partial charge in [0.15, 0.2) is 0 Å². The number of H-pyrrole nitrogens is 1. The summed E-state index contributed by atoms with van der Waals surface area (Å²) in [6.07, 6.45) is 4.68. The van der Waals surface area contributed by atoms with Gasteiger partial charge in [-0.05, 0) is 43.5 Å². The maximum atomic E-state index is 12.3. The Balaban J connectivity index is 1.42. The molecule has 5 nitrogen and oxygen atoms in total. The number of hydrogen-bond donors (Lipinski definition) is 2. The summed E-state index contributed by atoms with van der Waals surface area (Å²) in [6, 6.07) is 8.11. The van der Waals surface area contributed by atoms with Gasteiger partial charge in [-0.2, -0.15) is 0 Å². The highest BCUT2D eigenvalue weighted by molar-refractivity contribution is 5.88. The molecule has 3 rings (SSSR count). The largest absolute Gasteiger partial charge is 0.383 e. The number of para-hydroxylation sites is 1. The second-order valence-electron chi connectivity index (χ2n) is 6.62. The lowest BCUT2D eigenvalue weighted by atomic mass is 9.96. The molecule has 1 fully saturated rings. The smallest absolute Gasteiger partial charge is 0.224 e. The van der Waals surface area contributed by atoms with Crippen LogP contribution in [-0.4, -0.2) is 55.7 Å². The predicted molar refractivity (Wildman–Crippen MR) is 96.1 cm³/mol. The number of amides is 1. The normalized spacial score (nSPS) is 16.5. The Kier molecular flexibility index (Phi) is 5.88. The Bertz CT molecular complexity index is 659. The molecule has 5 heteroatoms. The lowest BCUT2D eigenvalue weighted by Crippen LogP contribution is -2.40. The van der Waals surface area contributed by atoms with E-state index in [1.165, 1.54) is 0 Å². The number of aromatic nitrogens is 1. The maximum absolute atomic E-state index is 12.3. The molecule has 1 aliphatic heterocycles. The summed E-state index contributed by atoms with van der Waals surface area (Å²) in [5.41, 5.74) is 2.15. The van der Waals surface area contributed by atoms with Crippen LogP contribution in [0.25, 0.3) is 10.9 Å². The zero-order valence-corrected chi connectivity index (χ0v) is 14.4. The first-order valence-corrected chi connectivity index (χ1v) is 8.79. The number of nitrogens with zero attached hydrogens (tertiary/aromatic N) is 1. The molecular weight excluding hydrogens is 302 g/mol. The third-order valence-corrected chi connectivity index (χ3v) is 4.93. The SMILES string of the molecule is COCCN1CCC(CNC(=O)Cc2c[nH]c3ccccc23)CC1. The van der Waals surface area contributed by atoms with Crippen molar-refractivity contribution in [2.75, 3.05) is 39.9 Å². The average Bonchev–Trinajstić information content (AvgIpc) is 3.02. The first-order valence-electron chi connectivity index (χ1n) is 8.79. The summed E-state index contributed by atoms with van der Waals surface area (Å²) < 4.78 is 5.13. The van der Waals surface area contributed by atoms with Gasteiger partial charge in [0.05, 0.1) is 13.0 Å². The minimum absolute atomic E-state index is 0.113. The molecule has 0 unspecified atom stereocenters. The number of aromatic amines is 1. The lowest BCUT2D eigenvalue weighted by molar-refractivity contribution is -0.120. The van der Waals surface area contributed by atoms with Gasteiger partial charge in [-0.25, -0.2) is 0 Å². The molecule has 0 saturated carbocycles. The van der Waals surface area contributed by atoms with E-state index in [4.69, 9.17) is 4.74 Å². The summed E-state index contributed by atoms with van der Waals surface area (Å²) in [4.78, 5) is 17.9. The number of methoxy groups -OCH3 is 1. The van der Waals surface area contributed by atoms with Crippen LogP contribution in [0.5, 0.6) is 0 Å². The molecule has 1 aliphatic rings. The van der Waals surface area contributed by atoms with Gasteiger partial charge >= 0.3 is 0 Å². The third kappa shape index (κ3) is 4.36. The highest BCUT2D eigenvalue weighted by atomic mass is 16.5. The van der Waals surface area contributed by atoms with Crippen LogP contribution in [0.15, 0.2) is 30.5 Å². The number of ether oxygens (including phenoxy) is 1. The molecular formula is C19H27N3O2. The van der Waals surface area contributed by atoms with Crippen molar-refractivity contribution in [2.24, 2.45) is 5.92 Å². The topological polar surface area (TPSA) is 57.4 Å². The molecule has 1 saturated heterocycles. The van der Waals surface area contributed by atoms with E-state index in [1.807, 2.05) is 24.4 Å². The number of benzene rings is 1. The van der Waals surface area contributed by atoms with E-state index in [2.05, 4.69) is 21.3 Å². The van der Waals surface area contributed by atoms with E-state index in [9.17, 15) is 4.79 Å². The van der Waals surface area contributed by atoms with Crippen LogP contribution >= 0.6 is 0 Å². The molecule has 2 aromatic rings. The summed E-state index contributed by atoms with van der Waals surface area (Å²) in [7, 11) is 1.75. The number of fused-ring (bicyclic) bond motifs is 1. The standard InChI is InChI=1S/C19H27N3O2/c1-24-11-10-22-8-6-15(7-9-22)13-21-19(23)12-16-14-20-18-5-3-2-4-17(16)18/h2-5,14-15,20H,6-13H2,1H3,(H,21,23).